The van der Waals surface area contributed by atoms with Gasteiger partial charge in [0.25, 0.3) is 0 Å². The first-order chi connectivity index (χ1) is 7.99. The molecule has 0 amide bonds. The molecule has 0 aliphatic carbocycles. The van der Waals surface area contributed by atoms with Crippen LogP contribution in [0.3, 0.4) is 0 Å². The zero-order valence-corrected chi connectivity index (χ0v) is 10.9. The summed E-state index contributed by atoms with van der Waals surface area (Å²) in [5.74, 6) is 0. The van der Waals surface area contributed by atoms with Crippen LogP contribution in [0.25, 0.3) is 0 Å². The molecule has 0 saturated heterocycles. The number of hydrogen-bond donors (Lipinski definition) is 1. The van der Waals surface area contributed by atoms with E-state index in [-0.39, 0.29) is 6.04 Å². The summed E-state index contributed by atoms with van der Waals surface area (Å²) < 4.78 is 3.66. The van der Waals surface area contributed by atoms with Crippen LogP contribution in [0.1, 0.15) is 23.1 Å². The number of hydrogen-bond acceptors (Lipinski definition) is 3. The van der Waals surface area contributed by atoms with Crippen molar-refractivity contribution in [1.82, 2.24) is 19.3 Å². The largest absolute Gasteiger partial charge is 0.340 e. The third-order valence-corrected chi connectivity index (χ3v) is 3.27. The predicted octanol–water partition coefficient (Wildman–Crippen LogP) is 1.36. The first-order valence-electron chi connectivity index (χ1n) is 5.40. The lowest BCUT2D eigenvalue weighted by Crippen LogP contribution is -2.16. The normalized spacial score (nSPS) is 13.0. The Morgan fingerprint density at radius 3 is 2.65 bits per heavy atom. The molecule has 0 aliphatic heterocycles. The third kappa shape index (κ3) is 2.35. The van der Waals surface area contributed by atoms with Crippen molar-refractivity contribution < 1.29 is 0 Å². The van der Waals surface area contributed by atoms with Gasteiger partial charge in [-0.1, -0.05) is 11.6 Å². The molecule has 0 radical (unpaired) electrons. The Balaban J connectivity index is 2.21. The SMILES string of the molecule is Cc1nn(C)c(CC(N)c2cn(C)cn2)c1Cl. The van der Waals surface area contributed by atoms with Gasteiger partial charge in [-0.2, -0.15) is 5.10 Å². The van der Waals surface area contributed by atoms with Crippen LogP contribution in [-0.4, -0.2) is 19.3 Å². The van der Waals surface area contributed by atoms with Gasteiger partial charge in [0.05, 0.1) is 34.5 Å². The maximum atomic E-state index is 6.19. The van der Waals surface area contributed by atoms with E-state index < -0.39 is 0 Å². The monoisotopic (exact) mass is 253 g/mol. The molecular weight excluding hydrogens is 238 g/mol. The summed E-state index contributed by atoms with van der Waals surface area (Å²) in [6, 6.07) is -0.163. The standard InChI is InChI=1S/C11H16ClN5/c1-7-11(12)10(17(3)15-7)4-8(13)9-5-16(2)6-14-9/h5-6,8H,4,13H2,1-3H3. The maximum Gasteiger partial charge on any atom is 0.0947 e. The topological polar surface area (TPSA) is 61.7 Å². The van der Waals surface area contributed by atoms with Gasteiger partial charge in [0.1, 0.15) is 0 Å². The summed E-state index contributed by atoms with van der Waals surface area (Å²) in [5.41, 5.74) is 8.75. The Kier molecular flexibility index (Phi) is 3.22. The fourth-order valence-corrected chi connectivity index (χ4v) is 2.08. The molecular formula is C11H16ClN5. The summed E-state index contributed by atoms with van der Waals surface area (Å²) in [7, 11) is 3.80. The average molecular weight is 254 g/mol. The zero-order valence-electron chi connectivity index (χ0n) is 10.2. The van der Waals surface area contributed by atoms with E-state index in [0.29, 0.717) is 11.4 Å². The molecule has 1 unspecified atom stereocenters. The highest BCUT2D eigenvalue weighted by Crippen LogP contribution is 2.23. The Morgan fingerprint density at radius 2 is 2.18 bits per heavy atom. The zero-order chi connectivity index (χ0) is 12.6. The van der Waals surface area contributed by atoms with Gasteiger partial charge in [-0.05, 0) is 6.92 Å². The molecule has 0 aliphatic rings. The summed E-state index contributed by atoms with van der Waals surface area (Å²) >= 11 is 6.19. The van der Waals surface area contributed by atoms with E-state index in [1.807, 2.05) is 31.8 Å². The number of aromatic nitrogens is 4. The van der Waals surface area contributed by atoms with Crippen molar-refractivity contribution in [2.75, 3.05) is 0 Å². The molecule has 2 heterocycles. The van der Waals surface area contributed by atoms with Gasteiger partial charge in [0.15, 0.2) is 0 Å². The van der Waals surface area contributed by atoms with E-state index in [4.69, 9.17) is 17.3 Å². The lowest BCUT2D eigenvalue weighted by Gasteiger charge is -2.09. The van der Waals surface area contributed by atoms with Crippen molar-refractivity contribution in [3.63, 3.8) is 0 Å². The van der Waals surface area contributed by atoms with Gasteiger partial charge in [-0.3, -0.25) is 4.68 Å². The number of halogens is 1. The van der Waals surface area contributed by atoms with Crippen LogP contribution in [0.2, 0.25) is 5.02 Å². The van der Waals surface area contributed by atoms with E-state index in [9.17, 15) is 0 Å². The van der Waals surface area contributed by atoms with Crippen molar-refractivity contribution in [1.29, 1.82) is 0 Å². The predicted molar refractivity (Wildman–Crippen MR) is 66.8 cm³/mol. The lowest BCUT2D eigenvalue weighted by molar-refractivity contribution is 0.630. The van der Waals surface area contributed by atoms with Crippen LogP contribution in [0, 0.1) is 6.92 Å². The third-order valence-electron chi connectivity index (χ3n) is 2.78. The molecule has 6 heteroatoms. The van der Waals surface area contributed by atoms with Gasteiger partial charge < -0.3 is 10.3 Å². The van der Waals surface area contributed by atoms with E-state index in [1.54, 1.807) is 11.0 Å². The molecule has 2 aromatic rings. The molecule has 2 N–H and O–H groups in total. The first kappa shape index (κ1) is 12.1. The quantitative estimate of drug-likeness (QED) is 0.899. The van der Waals surface area contributed by atoms with Crippen molar-refractivity contribution in [3.05, 3.63) is 34.6 Å². The average Bonchev–Trinajstić information content (AvgIpc) is 2.79. The van der Waals surface area contributed by atoms with Crippen molar-refractivity contribution in [2.24, 2.45) is 19.8 Å². The molecule has 2 rings (SSSR count). The summed E-state index contributed by atoms with van der Waals surface area (Å²) in [5, 5.41) is 4.96. The van der Waals surface area contributed by atoms with Crippen molar-refractivity contribution in [3.8, 4) is 0 Å². The Bertz CT molecular complexity index is 528. The second kappa shape index (κ2) is 4.50. The van der Waals surface area contributed by atoms with E-state index in [0.717, 1.165) is 17.1 Å². The minimum atomic E-state index is -0.163. The van der Waals surface area contributed by atoms with Gasteiger partial charge in [0.2, 0.25) is 0 Å². The van der Waals surface area contributed by atoms with Crippen LogP contribution in [0.15, 0.2) is 12.5 Å². The highest BCUT2D eigenvalue weighted by molar-refractivity contribution is 6.31. The second-order valence-corrected chi connectivity index (χ2v) is 4.62. The Hall–Kier alpha value is -1.33. The molecule has 0 fully saturated rings. The van der Waals surface area contributed by atoms with E-state index in [1.165, 1.54) is 0 Å². The van der Waals surface area contributed by atoms with Crippen LogP contribution < -0.4 is 5.73 Å². The van der Waals surface area contributed by atoms with Crippen molar-refractivity contribution >= 4 is 11.6 Å². The smallest absolute Gasteiger partial charge is 0.0947 e. The van der Waals surface area contributed by atoms with Crippen molar-refractivity contribution in [2.45, 2.75) is 19.4 Å². The highest BCUT2D eigenvalue weighted by atomic mass is 35.5. The van der Waals surface area contributed by atoms with E-state index in [2.05, 4.69) is 10.1 Å². The molecule has 1 atom stereocenters. The fourth-order valence-electron chi connectivity index (χ4n) is 1.84. The van der Waals surface area contributed by atoms with Crippen LogP contribution in [0.4, 0.5) is 0 Å². The molecule has 92 valence electrons. The van der Waals surface area contributed by atoms with Gasteiger partial charge in [0, 0.05) is 26.7 Å². The number of nitrogens with two attached hydrogens (primary N) is 1. The molecule has 17 heavy (non-hydrogen) atoms. The van der Waals surface area contributed by atoms with Gasteiger partial charge >= 0.3 is 0 Å². The van der Waals surface area contributed by atoms with Gasteiger partial charge in [-0.15, -0.1) is 0 Å². The molecule has 0 spiro atoms. The fraction of sp³-hybridized carbons (Fsp3) is 0.455. The molecule has 0 saturated carbocycles. The Labute approximate surface area is 105 Å². The van der Waals surface area contributed by atoms with Crippen LogP contribution in [0.5, 0.6) is 0 Å². The minimum Gasteiger partial charge on any atom is -0.340 e. The number of nitrogens with zero attached hydrogens (tertiary/aromatic N) is 4. The Morgan fingerprint density at radius 1 is 1.47 bits per heavy atom. The lowest BCUT2D eigenvalue weighted by atomic mass is 10.1. The maximum absolute atomic E-state index is 6.19. The minimum absolute atomic E-state index is 0.163. The molecule has 5 nitrogen and oxygen atoms in total. The summed E-state index contributed by atoms with van der Waals surface area (Å²) in [6.45, 7) is 1.89. The van der Waals surface area contributed by atoms with Crippen LogP contribution in [-0.2, 0) is 20.5 Å². The second-order valence-electron chi connectivity index (χ2n) is 4.24. The number of aryl methyl sites for hydroxylation is 3. The summed E-state index contributed by atoms with van der Waals surface area (Å²) in [6.07, 6.45) is 4.29. The number of imidazole rings is 1. The first-order valence-corrected chi connectivity index (χ1v) is 5.78. The highest BCUT2D eigenvalue weighted by Gasteiger charge is 2.17. The van der Waals surface area contributed by atoms with E-state index >= 15 is 0 Å². The summed E-state index contributed by atoms with van der Waals surface area (Å²) in [4.78, 5) is 4.24. The molecule has 2 aromatic heterocycles. The van der Waals surface area contributed by atoms with Crippen LogP contribution >= 0.6 is 11.6 Å². The molecule has 0 aromatic carbocycles. The number of rotatable bonds is 3. The molecule has 0 bridgehead atoms. The van der Waals surface area contributed by atoms with Gasteiger partial charge in [-0.25, -0.2) is 4.98 Å².